The molecular formula is C11H17ClOSi. The van der Waals surface area contributed by atoms with Crippen LogP contribution in [0.2, 0.25) is 19.1 Å². The molecular weight excluding hydrogens is 212 g/mol. The summed E-state index contributed by atoms with van der Waals surface area (Å²) in [5.74, 6) is 0.702. The van der Waals surface area contributed by atoms with E-state index in [1.54, 1.807) is 0 Å². The van der Waals surface area contributed by atoms with E-state index in [1.807, 2.05) is 18.2 Å². The van der Waals surface area contributed by atoms with Crippen molar-refractivity contribution in [3.8, 4) is 0 Å². The molecule has 1 rings (SSSR count). The molecule has 0 amide bonds. The maximum absolute atomic E-state index is 5.91. The predicted molar refractivity (Wildman–Crippen MR) is 64.2 cm³/mol. The standard InChI is InChI=1S/C11H17ClOSi/c1-14(2,9-8-12)13-10-11-6-4-3-5-7-11/h3-7H,8-10H2,1-2H3. The first-order chi connectivity index (χ1) is 6.64. The molecule has 0 atom stereocenters. The van der Waals surface area contributed by atoms with Gasteiger partial charge in [-0.3, -0.25) is 0 Å². The summed E-state index contributed by atoms with van der Waals surface area (Å²) in [6.07, 6.45) is 0. The quantitative estimate of drug-likeness (QED) is 0.552. The fraction of sp³-hybridized carbons (Fsp3) is 0.455. The number of rotatable bonds is 5. The van der Waals surface area contributed by atoms with Crippen LogP contribution in [0.25, 0.3) is 0 Å². The molecule has 1 nitrogen and oxygen atoms in total. The van der Waals surface area contributed by atoms with Crippen LogP contribution in [0.15, 0.2) is 30.3 Å². The van der Waals surface area contributed by atoms with E-state index < -0.39 is 8.32 Å². The normalized spacial score (nSPS) is 11.6. The Morgan fingerprint density at radius 1 is 1.21 bits per heavy atom. The molecule has 0 saturated heterocycles. The van der Waals surface area contributed by atoms with Gasteiger partial charge in [-0.2, -0.15) is 0 Å². The third kappa shape index (κ3) is 4.27. The summed E-state index contributed by atoms with van der Waals surface area (Å²) in [6.45, 7) is 5.13. The van der Waals surface area contributed by atoms with Crippen LogP contribution in [0, 0.1) is 0 Å². The number of alkyl halides is 1. The molecule has 0 N–H and O–H groups in total. The lowest BCUT2D eigenvalue weighted by Gasteiger charge is -2.21. The van der Waals surface area contributed by atoms with E-state index in [4.69, 9.17) is 16.0 Å². The Morgan fingerprint density at radius 3 is 2.43 bits per heavy atom. The third-order valence-electron chi connectivity index (χ3n) is 2.17. The number of halogens is 1. The van der Waals surface area contributed by atoms with Crippen molar-refractivity contribution < 1.29 is 4.43 Å². The highest BCUT2D eigenvalue weighted by Gasteiger charge is 2.21. The summed E-state index contributed by atoms with van der Waals surface area (Å²) < 4.78 is 5.91. The zero-order valence-corrected chi connectivity index (χ0v) is 10.6. The van der Waals surface area contributed by atoms with E-state index in [0.717, 1.165) is 12.7 Å². The lowest BCUT2D eigenvalue weighted by Crippen LogP contribution is -2.30. The van der Waals surface area contributed by atoms with Crippen molar-refractivity contribution in [2.75, 3.05) is 5.88 Å². The van der Waals surface area contributed by atoms with Crippen molar-refractivity contribution in [1.82, 2.24) is 0 Å². The first-order valence-corrected chi connectivity index (χ1v) is 8.53. The molecule has 0 heterocycles. The van der Waals surface area contributed by atoms with Gasteiger partial charge in [0.1, 0.15) is 0 Å². The molecule has 0 unspecified atom stereocenters. The van der Waals surface area contributed by atoms with Crippen LogP contribution in [-0.4, -0.2) is 14.2 Å². The highest BCUT2D eigenvalue weighted by Crippen LogP contribution is 2.14. The van der Waals surface area contributed by atoms with Gasteiger partial charge in [-0.25, -0.2) is 0 Å². The van der Waals surface area contributed by atoms with Gasteiger partial charge in [-0.15, -0.1) is 11.6 Å². The monoisotopic (exact) mass is 228 g/mol. The van der Waals surface area contributed by atoms with Crippen LogP contribution in [0.3, 0.4) is 0 Å². The molecule has 1 aromatic rings. The van der Waals surface area contributed by atoms with Gasteiger partial charge < -0.3 is 4.43 Å². The van der Waals surface area contributed by atoms with Gasteiger partial charge in [0.25, 0.3) is 0 Å². The summed E-state index contributed by atoms with van der Waals surface area (Å²) in [5.41, 5.74) is 1.24. The Kier molecular flexibility index (Phi) is 4.65. The molecule has 0 aliphatic rings. The summed E-state index contributed by atoms with van der Waals surface area (Å²) in [5, 5.41) is 0. The molecule has 14 heavy (non-hydrogen) atoms. The summed E-state index contributed by atoms with van der Waals surface area (Å²) in [7, 11) is -1.52. The molecule has 0 fully saturated rings. The van der Waals surface area contributed by atoms with E-state index in [9.17, 15) is 0 Å². The van der Waals surface area contributed by atoms with Crippen LogP contribution >= 0.6 is 11.6 Å². The van der Waals surface area contributed by atoms with Gasteiger partial charge in [-0.1, -0.05) is 30.3 Å². The Morgan fingerprint density at radius 2 is 1.86 bits per heavy atom. The van der Waals surface area contributed by atoms with Crippen LogP contribution in [-0.2, 0) is 11.0 Å². The van der Waals surface area contributed by atoms with Crippen molar-refractivity contribution in [2.24, 2.45) is 0 Å². The SMILES string of the molecule is C[Si](C)(CCCl)OCc1ccccc1. The van der Waals surface area contributed by atoms with Gasteiger partial charge >= 0.3 is 0 Å². The van der Waals surface area contributed by atoms with Crippen molar-refractivity contribution in [2.45, 2.75) is 25.7 Å². The van der Waals surface area contributed by atoms with Gasteiger partial charge in [0.2, 0.25) is 0 Å². The molecule has 3 heteroatoms. The first-order valence-electron chi connectivity index (χ1n) is 4.88. The van der Waals surface area contributed by atoms with Crippen molar-refractivity contribution in [3.63, 3.8) is 0 Å². The Bertz CT molecular complexity index is 261. The molecule has 0 bridgehead atoms. The molecule has 0 spiro atoms. The third-order valence-corrected chi connectivity index (χ3v) is 5.05. The number of hydrogen-bond donors (Lipinski definition) is 0. The van der Waals surface area contributed by atoms with Gasteiger partial charge in [0.15, 0.2) is 8.32 Å². The largest absolute Gasteiger partial charge is 0.413 e. The maximum atomic E-state index is 5.91. The van der Waals surface area contributed by atoms with E-state index in [2.05, 4.69) is 25.2 Å². The smallest absolute Gasteiger partial charge is 0.188 e. The minimum absolute atomic E-state index is 0.702. The molecule has 0 radical (unpaired) electrons. The van der Waals surface area contributed by atoms with E-state index in [-0.39, 0.29) is 0 Å². The fourth-order valence-electron chi connectivity index (χ4n) is 1.15. The number of hydrogen-bond acceptors (Lipinski definition) is 1. The molecule has 0 saturated carbocycles. The minimum Gasteiger partial charge on any atom is -0.413 e. The Labute approximate surface area is 92.2 Å². The van der Waals surface area contributed by atoms with Crippen molar-refractivity contribution >= 4 is 19.9 Å². The van der Waals surface area contributed by atoms with Crippen LogP contribution < -0.4 is 0 Å². The summed E-state index contributed by atoms with van der Waals surface area (Å²) in [4.78, 5) is 0. The van der Waals surface area contributed by atoms with E-state index in [0.29, 0.717) is 5.88 Å². The van der Waals surface area contributed by atoms with Crippen molar-refractivity contribution in [1.29, 1.82) is 0 Å². The van der Waals surface area contributed by atoms with Crippen LogP contribution in [0.4, 0.5) is 0 Å². The zero-order chi connectivity index (χ0) is 10.4. The first kappa shape index (κ1) is 11.8. The van der Waals surface area contributed by atoms with E-state index >= 15 is 0 Å². The lowest BCUT2D eigenvalue weighted by molar-refractivity contribution is 0.296. The topological polar surface area (TPSA) is 9.23 Å². The second kappa shape index (κ2) is 5.54. The molecule has 0 aromatic heterocycles. The molecule has 0 aliphatic heterocycles. The van der Waals surface area contributed by atoms with Crippen LogP contribution in [0.1, 0.15) is 5.56 Å². The summed E-state index contributed by atoms with van der Waals surface area (Å²) >= 11 is 5.72. The predicted octanol–water partition coefficient (Wildman–Crippen LogP) is 3.65. The lowest BCUT2D eigenvalue weighted by atomic mass is 10.2. The minimum atomic E-state index is -1.52. The maximum Gasteiger partial charge on any atom is 0.188 e. The highest BCUT2D eigenvalue weighted by molar-refractivity contribution is 6.71. The van der Waals surface area contributed by atoms with Gasteiger partial charge in [0, 0.05) is 5.88 Å². The molecule has 1 aromatic carbocycles. The second-order valence-electron chi connectivity index (χ2n) is 3.97. The van der Waals surface area contributed by atoms with Crippen LogP contribution in [0.5, 0.6) is 0 Å². The zero-order valence-electron chi connectivity index (χ0n) is 8.79. The molecule has 0 aliphatic carbocycles. The average molecular weight is 229 g/mol. The Balaban J connectivity index is 2.40. The summed E-state index contributed by atoms with van der Waals surface area (Å²) in [6, 6.07) is 11.3. The average Bonchev–Trinajstić information content (AvgIpc) is 2.17. The Hall–Kier alpha value is -0.313. The molecule has 78 valence electrons. The van der Waals surface area contributed by atoms with E-state index in [1.165, 1.54) is 5.56 Å². The van der Waals surface area contributed by atoms with Gasteiger partial charge in [0.05, 0.1) is 6.61 Å². The highest BCUT2D eigenvalue weighted by atomic mass is 35.5. The van der Waals surface area contributed by atoms with Gasteiger partial charge in [-0.05, 0) is 24.7 Å². The van der Waals surface area contributed by atoms with Crippen molar-refractivity contribution in [3.05, 3.63) is 35.9 Å². The number of benzene rings is 1. The second-order valence-corrected chi connectivity index (χ2v) is 8.66. The fourth-order valence-corrected chi connectivity index (χ4v) is 3.67.